The predicted octanol–water partition coefficient (Wildman–Crippen LogP) is 5.96. The first kappa shape index (κ1) is 19.3. The van der Waals surface area contributed by atoms with Crippen molar-refractivity contribution in [3.05, 3.63) is 114 Å². The lowest BCUT2D eigenvalue weighted by Crippen LogP contribution is -2.11. The second kappa shape index (κ2) is 8.54. The minimum Gasteiger partial charge on any atom is -0.332 e. The SMILES string of the molecule is FC(F)(/C=C(/C#Cc1ccccc1)c1ccccc1)c1nc(-c2ccccc2)no1. The Bertz CT molecular complexity index is 1210. The zero-order valence-electron chi connectivity index (χ0n) is 15.8. The lowest BCUT2D eigenvalue weighted by atomic mass is 10.0. The maximum atomic E-state index is 15.0. The first-order chi connectivity index (χ1) is 14.6. The van der Waals surface area contributed by atoms with Crippen LogP contribution in [0.4, 0.5) is 8.78 Å². The van der Waals surface area contributed by atoms with E-state index in [1.165, 1.54) is 0 Å². The Kier molecular flexibility index (Phi) is 5.49. The summed E-state index contributed by atoms with van der Waals surface area (Å²) in [5.41, 5.74) is 2.07. The number of alkyl halides is 2. The van der Waals surface area contributed by atoms with Crippen molar-refractivity contribution < 1.29 is 13.3 Å². The summed E-state index contributed by atoms with van der Waals surface area (Å²) in [6.45, 7) is 0. The highest BCUT2D eigenvalue weighted by atomic mass is 19.3. The average Bonchev–Trinajstić information content (AvgIpc) is 3.30. The van der Waals surface area contributed by atoms with Crippen LogP contribution in [0.2, 0.25) is 0 Å². The number of hydrogen-bond acceptors (Lipinski definition) is 3. The third-order valence-corrected chi connectivity index (χ3v) is 4.27. The van der Waals surface area contributed by atoms with E-state index in [4.69, 9.17) is 4.52 Å². The molecule has 146 valence electrons. The van der Waals surface area contributed by atoms with Crippen LogP contribution in [0.1, 0.15) is 17.0 Å². The molecule has 5 heteroatoms. The summed E-state index contributed by atoms with van der Waals surface area (Å²) < 4.78 is 34.9. The van der Waals surface area contributed by atoms with Crippen LogP contribution < -0.4 is 0 Å². The van der Waals surface area contributed by atoms with E-state index in [0.29, 0.717) is 11.1 Å². The molecule has 1 heterocycles. The third-order valence-electron chi connectivity index (χ3n) is 4.27. The minimum atomic E-state index is -3.49. The van der Waals surface area contributed by atoms with Crippen molar-refractivity contribution in [2.45, 2.75) is 5.92 Å². The van der Waals surface area contributed by atoms with Gasteiger partial charge in [-0.25, -0.2) is 0 Å². The van der Waals surface area contributed by atoms with Gasteiger partial charge in [-0.05, 0) is 17.7 Å². The smallest absolute Gasteiger partial charge is 0.332 e. The first-order valence-electron chi connectivity index (χ1n) is 9.24. The van der Waals surface area contributed by atoms with Crippen molar-refractivity contribution in [3.63, 3.8) is 0 Å². The number of halogens is 2. The second-order valence-electron chi connectivity index (χ2n) is 6.45. The van der Waals surface area contributed by atoms with Crippen LogP contribution in [0.3, 0.4) is 0 Å². The molecular weight excluding hydrogens is 382 g/mol. The molecule has 0 atom stereocenters. The highest BCUT2D eigenvalue weighted by molar-refractivity contribution is 5.80. The number of aromatic nitrogens is 2. The molecule has 0 amide bonds. The van der Waals surface area contributed by atoms with Gasteiger partial charge in [-0.3, -0.25) is 0 Å². The van der Waals surface area contributed by atoms with Gasteiger partial charge in [0.1, 0.15) is 0 Å². The zero-order chi connectivity index (χ0) is 20.8. The van der Waals surface area contributed by atoms with Crippen molar-refractivity contribution in [3.8, 4) is 23.2 Å². The maximum Gasteiger partial charge on any atom is 0.345 e. The van der Waals surface area contributed by atoms with E-state index in [1.807, 2.05) is 42.5 Å². The number of hydrogen-bond donors (Lipinski definition) is 0. The second-order valence-corrected chi connectivity index (χ2v) is 6.45. The van der Waals surface area contributed by atoms with Crippen molar-refractivity contribution in [2.24, 2.45) is 0 Å². The van der Waals surface area contributed by atoms with Gasteiger partial charge in [0.2, 0.25) is 5.82 Å². The van der Waals surface area contributed by atoms with Gasteiger partial charge in [0, 0.05) is 22.8 Å². The number of nitrogens with zero attached hydrogens (tertiary/aromatic N) is 2. The Morgan fingerprint density at radius 1 is 0.833 bits per heavy atom. The normalized spacial score (nSPS) is 11.6. The minimum absolute atomic E-state index is 0.107. The molecule has 3 nitrogen and oxygen atoms in total. The highest BCUT2D eigenvalue weighted by Gasteiger charge is 2.37. The van der Waals surface area contributed by atoms with E-state index in [-0.39, 0.29) is 11.4 Å². The van der Waals surface area contributed by atoms with Crippen LogP contribution in [-0.4, -0.2) is 10.1 Å². The molecule has 0 spiro atoms. The standard InChI is InChI=1S/C25H16F2N2O/c26-25(27,24-28-23(29-30-24)21-14-8-3-9-15-21)18-22(20-12-6-2-7-13-20)17-16-19-10-4-1-5-11-19/h1-15,18H/b22-18-. The van der Waals surface area contributed by atoms with E-state index in [9.17, 15) is 0 Å². The molecule has 0 fully saturated rings. The van der Waals surface area contributed by atoms with Crippen LogP contribution in [0, 0.1) is 11.8 Å². The van der Waals surface area contributed by atoms with Gasteiger partial charge >= 0.3 is 11.8 Å². The zero-order valence-corrected chi connectivity index (χ0v) is 15.8. The fourth-order valence-electron chi connectivity index (χ4n) is 2.78. The summed E-state index contributed by atoms with van der Waals surface area (Å²) in [4.78, 5) is 3.90. The van der Waals surface area contributed by atoms with Gasteiger partial charge in [0.15, 0.2) is 0 Å². The quantitative estimate of drug-likeness (QED) is 0.398. The van der Waals surface area contributed by atoms with E-state index in [0.717, 1.165) is 11.6 Å². The van der Waals surface area contributed by atoms with Crippen LogP contribution >= 0.6 is 0 Å². The van der Waals surface area contributed by atoms with Gasteiger partial charge in [-0.15, -0.1) is 0 Å². The molecule has 0 aliphatic heterocycles. The fourth-order valence-corrected chi connectivity index (χ4v) is 2.78. The summed E-state index contributed by atoms with van der Waals surface area (Å²) in [6, 6.07) is 26.8. The van der Waals surface area contributed by atoms with Crippen LogP contribution in [-0.2, 0) is 5.92 Å². The number of benzene rings is 3. The molecule has 0 radical (unpaired) electrons. The van der Waals surface area contributed by atoms with Gasteiger partial charge in [0.05, 0.1) is 0 Å². The molecule has 0 saturated heterocycles. The molecule has 0 aliphatic rings. The number of allylic oxidation sites excluding steroid dienone is 2. The van der Waals surface area contributed by atoms with Crippen molar-refractivity contribution >= 4 is 5.57 Å². The van der Waals surface area contributed by atoms with Gasteiger partial charge in [-0.2, -0.15) is 13.8 Å². The van der Waals surface area contributed by atoms with E-state index in [2.05, 4.69) is 22.0 Å². The molecule has 0 bridgehead atoms. The van der Waals surface area contributed by atoms with Crippen LogP contribution in [0.5, 0.6) is 0 Å². The molecule has 0 saturated carbocycles. The molecule has 1 aromatic heterocycles. The molecule has 4 aromatic rings. The molecule has 0 unspecified atom stereocenters. The lowest BCUT2D eigenvalue weighted by molar-refractivity contribution is 0.0166. The van der Waals surface area contributed by atoms with Crippen molar-refractivity contribution in [1.29, 1.82) is 0 Å². The molecule has 0 aliphatic carbocycles. The molecule has 0 N–H and O–H groups in total. The van der Waals surface area contributed by atoms with E-state index < -0.39 is 11.8 Å². The summed E-state index contributed by atoms with van der Waals surface area (Å²) in [7, 11) is 0. The Morgan fingerprint density at radius 2 is 1.43 bits per heavy atom. The summed E-state index contributed by atoms with van der Waals surface area (Å²) in [5.74, 6) is 1.62. The third kappa shape index (κ3) is 4.50. The van der Waals surface area contributed by atoms with E-state index in [1.54, 1.807) is 48.5 Å². The van der Waals surface area contributed by atoms with Gasteiger partial charge in [0.25, 0.3) is 0 Å². The molecular formula is C25H16F2N2O. The fraction of sp³-hybridized carbons (Fsp3) is 0.0400. The summed E-state index contributed by atoms with van der Waals surface area (Å²) in [5, 5.41) is 3.69. The summed E-state index contributed by atoms with van der Waals surface area (Å²) >= 11 is 0. The van der Waals surface area contributed by atoms with Crippen molar-refractivity contribution in [1.82, 2.24) is 10.1 Å². The number of rotatable bonds is 4. The van der Waals surface area contributed by atoms with Crippen LogP contribution in [0.15, 0.2) is 102 Å². The molecule has 4 rings (SSSR count). The van der Waals surface area contributed by atoms with E-state index >= 15 is 8.78 Å². The maximum absolute atomic E-state index is 15.0. The topological polar surface area (TPSA) is 38.9 Å². The Balaban J connectivity index is 1.72. The molecule has 3 aromatic carbocycles. The van der Waals surface area contributed by atoms with Crippen LogP contribution in [0.25, 0.3) is 17.0 Å². The van der Waals surface area contributed by atoms with Gasteiger partial charge < -0.3 is 4.52 Å². The molecule has 30 heavy (non-hydrogen) atoms. The average molecular weight is 398 g/mol. The largest absolute Gasteiger partial charge is 0.345 e. The van der Waals surface area contributed by atoms with Crippen molar-refractivity contribution in [2.75, 3.05) is 0 Å². The van der Waals surface area contributed by atoms with Gasteiger partial charge in [-0.1, -0.05) is 95.9 Å². The summed E-state index contributed by atoms with van der Waals surface area (Å²) in [6.07, 6.45) is 0.764. The first-order valence-corrected chi connectivity index (χ1v) is 9.24. The Hall–Kier alpha value is -4.04. The predicted molar refractivity (Wildman–Crippen MR) is 111 cm³/mol. The lowest BCUT2D eigenvalue weighted by Gasteiger charge is -2.08. The monoisotopic (exact) mass is 398 g/mol. The highest BCUT2D eigenvalue weighted by Crippen LogP contribution is 2.33. The Morgan fingerprint density at radius 3 is 2.10 bits per heavy atom. The Labute approximate surface area is 172 Å².